The number of pyridine rings is 2. The van der Waals surface area contributed by atoms with Crippen LogP contribution in [0.5, 0.6) is 0 Å². The van der Waals surface area contributed by atoms with Crippen LogP contribution in [-0.2, 0) is 0 Å². The fourth-order valence-electron chi connectivity index (χ4n) is 3.40. The molecule has 2 aromatic carbocycles. The molecule has 0 fully saturated rings. The largest absolute Gasteiger partial charge is 0.298 e. The van der Waals surface area contributed by atoms with Gasteiger partial charge in [-0.05, 0) is 37.3 Å². The Morgan fingerprint density at radius 3 is 2.50 bits per heavy atom. The smallest absolute Gasteiger partial charge is 0.163 e. The first-order valence-corrected chi connectivity index (χ1v) is 8.70. The summed E-state index contributed by atoms with van der Waals surface area (Å²) >= 11 is 0. The number of hydrogen-bond acceptors (Lipinski definition) is 2. The van der Waals surface area contributed by atoms with E-state index in [1.54, 1.807) is 0 Å². The van der Waals surface area contributed by atoms with Crippen molar-refractivity contribution in [3.05, 3.63) is 90.6 Å². The SMILES string of the molecule is Cc1ccc2nc(-c3nc(-c4ccccc4)c4ccccn34)ccc2c1. The second kappa shape index (κ2) is 5.81. The maximum atomic E-state index is 4.95. The molecule has 0 saturated carbocycles. The Labute approximate surface area is 151 Å². The second-order valence-corrected chi connectivity index (χ2v) is 6.50. The van der Waals surface area contributed by atoms with Crippen molar-refractivity contribution >= 4 is 16.4 Å². The average Bonchev–Trinajstić information content (AvgIpc) is 3.08. The molecule has 124 valence electrons. The van der Waals surface area contributed by atoms with Crippen LogP contribution in [0.3, 0.4) is 0 Å². The lowest BCUT2D eigenvalue weighted by Crippen LogP contribution is -1.92. The number of aryl methyl sites for hydroxylation is 1. The predicted molar refractivity (Wildman–Crippen MR) is 106 cm³/mol. The summed E-state index contributed by atoms with van der Waals surface area (Å²) < 4.78 is 2.12. The third kappa shape index (κ3) is 2.37. The number of benzene rings is 2. The minimum atomic E-state index is 0.863. The van der Waals surface area contributed by atoms with E-state index in [-0.39, 0.29) is 0 Å². The molecule has 3 heteroatoms. The molecule has 0 aliphatic rings. The minimum Gasteiger partial charge on any atom is -0.298 e. The summed E-state index contributed by atoms with van der Waals surface area (Å²) in [4.78, 5) is 9.82. The quantitative estimate of drug-likeness (QED) is 0.425. The summed E-state index contributed by atoms with van der Waals surface area (Å²) in [5.74, 6) is 0.863. The van der Waals surface area contributed by atoms with Crippen molar-refractivity contribution in [1.82, 2.24) is 14.4 Å². The van der Waals surface area contributed by atoms with E-state index in [1.807, 2.05) is 36.5 Å². The highest BCUT2D eigenvalue weighted by molar-refractivity contribution is 5.84. The lowest BCUT2D eigenvalue weighted by atomic mass is 10.1. The molecule has 3 nitrogen and oxygen atoms in total. The molecule has 3 heterocycles. The number of nitrogens with zero attached hydrogens (tertiary/aromatic N) is 3. The Morgan fingerprint density at radius 1 is 0.769 bits per heavy atom. The maximum Gasteiger partial charge on any atom is 0.163 e. The van der Waals surface area contributed by atoms with E-state index in [9.17, 15) is 0 Å². The molecule has 0 aliphatic carbocycles. The third-order valence-corrected chi connectivity index (χ3v) is 4.67. The Kier molecular flexibility index (Phi) is 3.32. The van der Waals surface area contributed by atoms with Crippen LogP contribution in [-0.4, -0.2) is 14.4 Å². The normalized spacial score (nSPS) is 11.3. The molecule has 5 aromatic rings. The van der Waals surface area contributed by atoms with Gasteiger partial charge in [0.1, 0.15) is 5.69 Å². The van der Waals surface area contributed by atoms with Gasteiger partial charge in [0.15, 0.2) is 5.82 Å². The first kappa shape index (κ1) is 14.8. The van der Waals surface area contributed by atoms with Crippen LogP contribution in [0.4, 0.5) is 0 Å². The lowest BCUT2D eigenvalue weighted by Gasteiger charge is -2.03. The standard InChI is InChI=1S/C23H17N3/c1-16-10-12-19-18(15-16)11-13-20(24-19)23-25-22(17-7-3-2-4-8-17)21-9-5-6-14-26(21)23/h2-15H,1H3. The maximum absolute atomic E-state index is 4.95. The molecule has 0 atom stereocenters. The Bertz CT molecular complexity index is 1240. The zero-order valence-corrected chi connectivity index (χ0v) is 14.4. The van der Waals surface area contributed by atoms with E-state index < -0.39 is 0 Å². The van der Waals surface area contributed by atoms with Crippen molar-refractivity contribution in [2.24, 2.45) is 0 Å². The zero-order chi connectivity index (χ0) is 17.5. The van der Waals surface area contributed by atoms with Gasteiger partial charge in [-0.1, -0.05) is 54.1 Å². The van der Waals surface area contributed by atoms with Crippen molar-refractivity contribution in [2.75, 3.05) is 0 Å². The fourth-order valence-corrected chi connectivity index (χ4v) is 3.40. The highest BCUT2D eigenvalue weighted by Gasteiger charge is 2.15. The summed E-state index contributed by atoms with van der Waals surface area (Å²) in [6.07, 6.45) is 2.05. The van der Waals surface area contributed by atoms with Gasteiger partial charge in [-0.25, -0.2) is 9.97 Å². The second-order valence-electron chi connectivity index (χ2n) is 6.50. The molecule has 0 aliphatic heterocycles. The summed E-state index contributed by atoms with van der Waals surface area (Å²) in [5, 5.41) is 1.15. The topological polar surface area (TPSA) is 30.2 Å². The molecule has 0 N–H and O–H groups in total. The van der Waals surface area contributed by atoms with Crippen molar-refractivity contribution < 1.29 is 0 Å². The summed E-state index contributed by atoms with van der Waals surface area (Å²) in [7, 11) is 0. The van der Waals surface area contributed by atoms with Crippen molar-refractivity contribution in [2.45, 2.75) is 6.92 Å². The minimum absolute atomic E-state index is 0.863. The first-order valence-electron chi connectivity index (χ1n) is 8.70. The molecule has 5 rings (SSSR count). The predicted octanol–water partition coefficient (Wildman–Crippen LogP) is 5.52. The molecule has 0 saturated heterocycles. The molecule has 0 spiro atoms. The number of hydrogen-bond donors (Lipinski definition) is 0. The van der Waals surface area contributed by atoms with Crippen LogP contribution in [0, 0.1) is 6.92 Å². The highest BCUT2D eigenvalue weighted by Crippen LogP contribution is 2.29. The van der Waals surface area contributed by atoms with Gasteiger partial charge in [-0.2, -0.15) is 0 Å². The van der Waals surface area contributed by atoms with Gasteiger partial charge in [0.25, 0.3) is 0 Å². The average molecular weight is 335 g/mol. The molecule has 0 unspecified atom stereocenters. The number of rotatable bonds is 2. The van der Waals surface area contributed by atoms with Gasteiger partial charge in [-0.3, -0.25) is 4.40 Å². The Morgan fingerprint density at radius 2 is 1.62 bits per heavy atom. The van der Waals surface area contributed by atoms with Crippen LogP contribution in [0.25, 0.3) is 39.2 Å². The number of aromatic nitrogens is 3. The molecule has 0 amide bonds. The van der Waals surface area contributed by atoms with Gasteiger partial charge in [-0.15, -0.1) is 0 Å². The van der Waals surface area contributed by atoms with Crippen LogP contribution >= 0.6 is 0 Å². The lowest BCUT2D eigenvalue weighted by molar-refractivity contribution is 1.14. The Hall–Kier alpha value is -3.46. The van der Waals surface area contributed by atoms with Crippen molar-refractivity contribution in [1.29, 1.82) is 0 Å². The summed E-state index contributed by atoms with van der Waals surface area (Å²) in [6, 6.07) is 27.0. The molecule has 3 aromatic heterocycles. The van der Waals surface area contributed by atoms with Crippen LogP contribution in [0.2, 0.25) is 0 Å². The molecule has 0 bridgehead atoms. The fraction of sp³-hybridized carbons (Fsp3) is 0.0435. The molecule has 0 radical (unpaired) electrons. The van der Waals surface area contributed by atoms with Crippen LogP contribution in [0.15, 0.2) is 85.1 Å². The number of imidazole rings is 1. The molecular weight excluding hydrogens is 318 g/mol. The van der Waals surface area contributed by atoms with E-state index >= 15 is 0 Å². The van der Waals surface area contributed by atoms with Gasteiger partial charge in [0.05, 0.1) is 16.7 Å². The van der Waals surface area contributed by atoms with E-state index in [1.165, 1.54) is 5.56 Å². The van der Waals surface area contributed by atoms with Crippen LogP contribution in [0.1, 0.15) is 5.56 Å². The monoisotopic (exact) mass is 335 g/mol. The van der Waals surface area contributed by atoms with Crippen molar-refractivity contribution in [3.8, 4) is 22.8 Å². The summed E-state index contributed by atoms with van der Waals surface area (Å²) in [5.41, 5.74) is 6.28. The van der Waals surface area contributed by atoms with E-state index in [0.29, 0.717) is 0 Å². The van der Waals surface area contributed by atoms with Crippen LogP contribution < -0.4 is 0 Å². The first-order chi connectivity index (χ1) is 12.8. The van der Waals surface area contributed by atoms with Gasteiger partial charge < -0.3 is 0 Å². The van der Waals surface area contributed by atoms with E-state index in [2.05, 4.69) is 59.9 Å². The number of fused-ring (bicyclic) bond motifs is 2. The highest BCUT2D eigenvalue weighted by atomic mass is 15.0. The summed E-state index contributed by atoms with van der Waals surface area (Å²) in [6.45, 7) is 2.10. The van der Waals surface area contributed by atoms with Gasteiger partial charge in [0.2, 0.25) is 0 Å². The van der Waals surface area contributed by atoms with E-state index in [0.717, 1.165) is 39.2 Å². The van der Waals surface area contributed by atoms with Crippen molar-refractivity contribution in [3.63, 3.8) is 0 Å². The van der Waals surface area contributed by atoms with Gasteiger partial charge in [0, 0.05) is 17.1 Å². The van der Waals surface area contributed by atoms with Gasteiger partial charge >= 0.3 is 0 Å². The zero-order valence-electron chi connectivity index (χ0n) is 14.4. The third-order valence-electron chi connectivity index (χ3n) is 4.67. The van der Waals surface area contributed by atoms with E-state index in [4.69, 9.17) is 9.97 Å². The Balaban J connectivity index is 1.76. The molecule has 26 heavy (non-hydrogen) atoms. The molecular formula is C23H17N3.